The molecule has 1 N–H and O–H groups in total. The maximum atomic E-state index is 8.90. The van der Waals surface area contributed by atoms with Gasteiger partial charge >= 0.3 is 0 Å². The molecule has 0 amide bonds. The van der Waals surface area contributed by atoms with Gasteiger partial charge in [-0.05, 0) is 20.9 Å². The first-order valence-electron chi connectivity index (χ1n) is 4.36. The summed E-state index contributed by atoms with van der Waals surface area (Å²) in [6.07, 6.45) is 0. The Morgan fingerprint density at radius 2 is 2.38 bits per heavy atom. The zero-order valence-electron chi connectivity index (χ0n) is 8.32. The van der Waals surface area contributed by atoms with Crippen molar-refractivity contribution in [1.82, 2.24) is 10.1 Å². The number of aromatic nitrogens is 1. The molecule has 0 aliphatic carbocycles. The van der Waals surface area contributed by atoms with E-state index in [0.29, 0.717) is 6.54 Å². The predicted octanol–water partition coefficient (Wildman–Crippen LogP) is 0.796. The van der Waals surface area contributed by atoms with Gasteiger partial charge in [0, 0.05) is 18.7 Å². The fourth-order valence-corrected chi connectivity index (χ4v) is 1.04. The van der Waals surface area contributed by atoms with E-state index in [2.05, 4.69) is 5.16 Å². The fraction of sp³-hybridized carbons (Fsp3) is 0.667. The van der Waals surface area contributed by atoms with E-state index in [1.165, 1.54) is 0 Å². The first-order chi connectivity index (χ1) is 6.13. The summed E-state index contributed by atoms with van der Waals surface area (Å²) in [5, 5.41) is 12.8. The summed E-state index contributed by atoms with van der Waals surface area (Å²) in [5.41, 5.74) is 0.903. The highest BCUT2D eigenvalue weighted by molar-refractivity contribution is 5.03. The number of aliphatic hydroxyl groups is 1. The Hall–Kier alpha value is -0.870. The van der Waals surface area contributed by atoms with Gasteiger partial charge in [-0.25, -0.2) is 0 Å². The molecule has 74 valence electrons. The van der Waals surface area contributed by atoms with Crippen molar-refractivity contribution in [3.8, 4) is 0 Å². The molecule has 4 heteroatoms. The molecule has 13 heavy (non-hydrogen) atoms. The molecule has 0 bridgehead atoms. The van der Waals surface area contributed by atoms with Gasteiger partial charge in [0.05, 0.1) is 12.3 Å². The second kappa shape index (κ2) is 4.39. The topological polar surface area (TPSA) is 49.5 Å². The summed E-state index contributed by atoms with van der Waals surface area (Å²) in [6.45, 7) is 4.70. The highest BCUT2D eigenvalue weighted by Crippen LogP contribution is 2.06. The van der Waals surface area contributed by atoms with Crippen molar-refractivity contribution in [3.63, 3.8) is 0 Å². The summed E-state index contributed by atoms with van der Waals surface area (Å²) in [4.78, 5) is 2.03. The molecule has 1 aromatic heterocycles. The Labute approximate surface area is 78.1 Å². The molecule has 0 radical (unpaired) electrons. The van der Waals surface area contributed by atoms with Gasteiger partial charge in [0.2, 0.25) is 0 Å². The molecule has 1 rings (SSSR count). The van der Waals surface area contributed by atoms with Crippen molar-refractivity contribution in [1.29, 1.82) is 0 Å². The molecule has 1 aromatic rings. The first kappa shape index (κ1) is 10.2. The van der Waals surface area contributed by atoms with E-state index >= 15 is 0 Å². The molecule has 0 spiro atoms. The van der Waals surface area contributed by atoms with Gasteiger partial charge in [-0.15, -0.1) is 0 Å². The number of nitrogens with zero attached hydrogens (tertiary/aromatic N) is 2. The molecule has 0 aromatic carbocycles. The maximum Gasteiger partial charge on any atom is 0.133 e. The standard InChI is InChI=1S/C9H16N2O2/c1-7(6-12)11(3)5-9-4-8(2)13-10-9/h4,7,12H,5-6H2,1-3H3. The Kier molecular flexibility index (Phi) is 3.45. The first-order valence-corrected chi connectivity index (χ1v) is 4.36. The second-order valence-corrected chi connectivity index (χ2v) is 3.38. The van der Waals surface area contributed by atoms with Crippen LogP contribution in [0.1, 0.15) is 18.4 Å². The van der Waals surface area contributed by atoms with Crippen LogP contribution < -0.4 is 0 Å². The van der Waals surface area contributed by atoms with Crippen LogP contribution in [-0.4, -0.2) is 34.9 Å². The summed E-state index contributed by atoms with van der Waals surface area (Å²) >= 11 is 0. The second-order valence-electron chi connectivity index (χ2n) is 3.38. The SMILES string of the molecule is Cc1cc(CN(C)C(C)CO)no1. The summed E-state index contributed by atoms with van der Waals surface area (Å²) in [5.74, 6) is 0.819. The van der Waals surface area contributed by atoms with Crippen LogP contribution in [-0.2, 0) is 6.54 Å². The molecule has 1 unspecified atom stereocenters. The van der Waals surface area contributed by atoms with Gasteiger partial charge < -0.3 is 9.63 Å². The van der Waals surface area contributed by atoms with Crippen molar-refractivity contribution in [2.24, 2.45) is 0 Å². The Bertz CT molecular complexity index is 260. The zero-order chi connectivity index (χ0) is 9.84. The average molecular weight is 184 g/mol. The molecular weight excluding hydrogens is 168 g/mol. The fourth-order valence-electron chi connectivity index (χ4n) is 1.04. The third-order valence-corrected chi connectivity index (χ3v) is 2.10. The number of hydrogen-bond acceptors (Lipinski definition) is 4. The number of aryl methyl sites for hydroxylation is 1. The van der Waals surface area contributed by atoms with Gasteiger partial charge in [-0.3, -0.25) is 4.90 Å². The Morgan fingerprint density at radius 3 is 2.85 bits per heavy atom. The van der Waals surface area contributed by atoms with Gasteiger partial charge in [0.15, 0.2) is 0 Å². The van der Waals surface area contributed by atoms with Crippen LogP contribution in [0.3, 0.4) is 0 Å². The smallest absolute Gasteiger partial charge is 0.133 e. The van der Waals surface area contributed by atoms with Crippen LogP contribution in [0.2, 0.25) is 0 Å². The molecule has 0 aliphatic heterocycles. The highest BCUT2D eigenvalue weighted by Gasteiger charge is 2.10. The lowest BCUT2D eigenvalue weighted by molar-refractivity contribution is 0.151. The lowest BCUT2D eigenvalue weighted by Crippen LogP contribution is -2.31. The molecular formula is C9H16N2O2. The van der Waals surface area contributed by atoms with E-state index < -0.39 is 0 Å². The minimum atomic E-state index is 0.150. The van der Waals surface area contributed by atoms with Gasteiger partial charge in [-0.2, -0.15) is 0 Å². The number of rotatable bonds is 4. The van der Waals surface area contributed by atoms with Crippen LogP contribution in [0.4, 0.5) is 0 Å². The minimum Gasteiger partial charge on any atom is -0.395 e. The van der Waals surface area contributed by atoms with E-state index in [4.69, 9.17) is 9.63 Å². The van der Waals surface area contributed by atoms with E-state index in [1.807, 2.05) is 31.9 Å². The van der Waals surface area contributed by atoms with Crippen molar-refractivity contribution < 1.29 is 9.63 Å². The van der Waals surface area contributed by atoms with Crippen LogP contribution >= 0.6 is 0 Å². The third-order valence-electron chi connectivity index (χ3n) is 2.10. The van der Waals surface area contributed by atoms with E-state index in [0.717, 1.165) is 11.5 Å². The third kappa shape index (κ3) is 2.82. The van der Waals surface area contributed by atoms with E-state index in [9.17, 15) is 0 Å². The number of likely N-dealkylation sites (N-methyl/N-ethyl adjacent to an activating group) is 1. The minimum absolute atomic E-state index is 0.150. The van der Waals surface area contributed by atoms with E-state index in [1.54, 1.807) is 0 Å². The molecule has 4 nitrogen and oxygen atoms in total. The maximum absolute atomic E-state index is 8.90. The predicted molar refractivity (Wildman–Crippen MR) is 49.3 cm³/mol. The normalized spacial score (nSPS) is 13.6. The van der Waals surface area contributed by atoms with Crippen LogP contribution in [0.15, 0.2) is 10.6 Å². The summed E-state index contributed by atoms with van der Waals surface area (Å²) in [6, 6.07) is 2.05. The van der Waals surface area contributed by atoms with Crippen LogP contribution in [0, 0.1) is 6.92 Å². The monoisotopic (exact) mass is 184 g/mol. The highest BCUT2D eigenvalue weighted by atomic mass is 16.5. The van der Waals surface area contributed by atoms with Crippen molar-refractivity contribution >= 4 is 0 Å². The molecule has 0 aliphatic rings. The molecule has 1 heterocycles. The van der Waals surface area contributed by atoms with Crippen LogP contribution in [0.5, 0.6) is 0 Å². The van der Waals surface area contributed by atoms with Crippen molar-refractivity contribution in [3.05, 3.63) is 17.5 Å². The molecule has 1 atom stereocenters. The van der Waals surface area contributed by atoms with Crippen molar-refractivity contribution in [2.45, 2.75) is 26.4 Å². The Balaban J connectivity index is 2.49. The summed E-state index contributed by atoms with van der Waals surface area (Å²) < 4.78 is 4.94. The Morgan fingerprint density at radius 1 is 1.69 bits per heavy atom. The molecule has 0 fully saturated rings. The largest absolute Gasteiger partial charge is 0.395 e. The van der Waals surface area contributed by atoms with Gasteiger partial charge in [-0.1, -0.05) is 5.16 Å². The van der Waals surface area contributed by atoms with Gasteiger partial charge in [0.1, 0.15) is 5.76 Å². The van der Waals surface area contributed by atoms with Gasteiger partial charge in [0.25, 0.3) is 0 Å². The van der Waals surface area contributed by atoms with E-state index in [-0.39, 0.29) is 12.6 Å². The van der Waals surface area contributed by atoms with Crippen LogP contribution in [0.25, 0.3) is 0 Å². The summed E-state index contributed by atoms with van der Waals surface area (Å²) in [7, 11) is 1.95. The zero-order valence-corrected chi connectivity index (χ0v) is 8.32. The molecule has 0 saturated carbocycles. The quantitative estimate of drug-likeness (QED) is 0.751. The van der Waals surface area contributed by atoms with Crippen molar-refractivity contribution in [2.75, 3.05) is 13.7 Å². The average Bonchev–Trinajstić information content (AvgIpc) is 2.49. The molecule has 0 saturated heterocycles. The lowest BCUT2D eigenvalue weighted by atomic mass is 10.3. The lowest BCUT2D eigenvalue weighted by Gasteiger charge is -2.21. The number of hydrogen-bond donors (Lipinski definition) is 1. The number of aliphatic hydroxyl groups excluding tert-OH is 1.